The zero-order valence-electron chi connectivity index (χ0n) is 11.5. The highest BCUT2D eigenvalue weighted by molar-refractivity contribution is 9.10. The Hall–Kier alpha value is -1.42. The fraction of sp³-hybridized carbons (Fsp3) is 0.333. The van der Waals surface area contributed by atoms with Crippen LogP contribution in [0.1, 0.15) is 30.2 Å². The summed E-state index contributed by atoms with van der Waals surface area (Å²) < 4.78 is 0.823. The van der Waals surface area contributed by atoms with E-state index in [4.69, 9.17) is 5.73 Å². The van der Waals surface area contributed by atoms with E-state index in [2.05, 4.69) is 52.7 Å². The second kappa shape index (κ2) is 5.70. The van der Waals surface area contributed by atoms with Gasteiger partial charge < -0.3 is 5.73 Å². The van der Waals surface area contributed by atoms with E-state index in [0.717, 1.165) is 28.6 Å². The van der Waals surface area contributed by atoms with Crippen LogP contribution in [0.25, 0.3) is 11.4 Å². The van der Waals surface area contributed by atoms with Crippen molar-refractivity contribution >= 4 is 21.7 Å². The summed E-state index contributed by atoms with van der Waals surface area (Å²) in [5, 5.41) is 0. The van der Waals surface area contributed by atoms with Crippen molar-refractivity contribution < 1.29 is 0 Å². The number of aryl methyl sites for hydroxylation is 2. The van der Waals surface area contributed by atoms with Gasteiger partial charge in [0, 0.05) is 5.56 Å². The van der Waals surface area contributed by atoms with Gasteiger partial charge >= 0.3 is 0 Å². The first-order valence-electron chi connectivity index (χ1n) is 6.43. The Morgan fingerprint density at radius 2 is 1.95 bits per heavy atom. The van der Waals surface area contributed by atoms with Gasteiger partial charge in [0.15, 0.2) is 5.82 Å². The molecule has 0 amide bonds. The molecule has 4 heteroatoms. The van der Waals surface area contributed by atoms with Gasteiger partial charge in [0.05, 0.1) is 10.2 Å². The minimum Gasteiger partial charge on any atom is -0.383 e. The molecule has 0 aliphatic rings. The van der Waals surface area contributed by atoms with Gasteiger partial charge in [-0.25, -0.2) is 9.97 Å². The molecular weight excluding hydrogens is 302 g/mol. The van der Waals surface area contributed by atoms with Crippen LogP contribution < -0.4 is 5.73 Å². The summed E-state index contributed by atoms with van der Waals surface area (Å²) in [6.07, 6.45) is 1.92. The predicted molar refractivity (Wildman–Crippen MR) is 83.0 cm³/mol. The van der Waals surface area contributed by atoms with Crippen molar-refractivity contribution in [3.05, 3.63) is 39.5 Å². The monoisotopic (exact) mass is 319 g/mol. The quantitative estimate of drug-likeness (QED) is 0.928. The molecule has 0 atom stereocenters. The molecule has 3 nitrogen and oxygen atoms in total. The number of nitrogen functional groups attached to an aromatic ring is 1. The van der Waals surface area contributed by atoms with Crippen molar-refractivity contribution in [3.63, 3.8) is 0 Å². The zero-order valence-corrected chi connectivity index (χ0v) is 13.1. The predicted octanol–water partition coefficient (Wildman–Crippen LogP) is 4.06. The normalized spacial score (nSPS) is 10.7. The molecule has 0 spiro atoms. The lowest BCUT2D eigenvalue weighted by Crippen LogP contribution is -2.03. The lowest BCUT2D eigenvalue weighted by Gasteiger charge is -2.11. The van der Waals surface area contributed by atoms with Crippen molar-refractivity contribution in [2.24, 2.45) is 0 Å². The van der Waals surface area contributed by atoms with Crippen LogP contribution in [0.15, 0.2) is 22.7 Å². The van der Waals surface area contributed by atoms with Crippen LogP contribution in [0.4, 0.5) is 5.82 Å². The maximum Gasteiger partial charge on any atom is 0.162 e. The maximum absolute atomic E-state index is 5.98. The summed E-state index contributed by atoms with van der Waals surface area (Å²) in [5.41, 5.74) is 10.4. The van der Waals surface area contributed by atoms with Crippen LogP contribution in [-0.2, 0) is 6.42 Å². The van der Waals surface area contributed by atoms with E-state index in [9.17, 15) is 0 Å². The van der Waals surface area contributed by atoms with Crippen LogP contribution in [0.3, 0.4) is 0 Å². The highest BCUT2D eigenvalue weighted by Crippen LogP contribution is 2.28. The Kier molecular flexibility index (Phi) is 4.20. The Labute approximate surface area is 122 Å². The Morgan fingerprint density at radius 1 is 1.21 bits per heavy atom. The van der Waals surface area contributed by atoms with Crippen LogP contribution in [0, 0.1) is 13.8 Å². The van der Waals surface area contributed by atoms with Gasteiger partial charge in [0.1, 0.15) is 5.82 Å². The molecule has 0 bridgehead atoms. The Balaban J connectivity index is 2.59. The molecule has 0 unspecified atom stereocenters. The molecular formula is C15H18BrN3. The molecule has 2 aromatic rings. The topological polar surface area (TPSA) is 51.8 Å². The first-order chi connectivity index (χ1) is 9.04. The smallest absolute Gasteiger partial charge is 0.162 e. The lowest BCUT2D eigenvalue weighted by atomic mass is 10.0. The minimum atomic E-state index is 0.509. The molecule has 0 saturated carbocycles. The molecule has 0 fully saturated rings. The summed E-state index contributed by atoms with van der Waals surface area (Å²) >= 11 is 3.47. The molecule has 0 saturated heterocycles. The number of benzene rings is 1. The van der Waals surface area contributed by atoms with Crippen LogP contribution in [0.5, 0.6) is 0 Å². The number of nitrogens with zero attached hydrogens (tertiary/aromatic N) is 2. The first-order valence-corrected chi connectivity index (χ1v) is 7.22. The first kappa shape index (κ1) is 14.0. The van der Waals surface area contributed by atoms with Gasteiger partial charge in [-0.05, 0) is 47.3 Å². The summed E-state index contributed by atoms with van der Waals surface area (Å²) in [5.74, 6) is 1.22. The highest BCUT2D eigenvalue weighted by atomic mass is 79.9. The van der Waals surface area contributed by atoms with Gasteiger partial charge in [0.25, 0.3) is 0 Å². The molecule has 2 rings (SSSR count). The summed E-state index contributed by atoms with van der Waals surface area (Å²) in [6.45, 7) is 6.31. The van der Waals surface area contributed by atoms with Gasteiger partial charge in [0.2, 0.25) is 0 Å². The van der Waals surface area contributed by atoms with E-state index in [-0.39, 0.29) is 0 Å². The molecule has 1 aromatic carbocycles. The van der Waals surface area contributed by atoms with Gasteiger partial charge in [-0.1, -0.05) is 31.5 Å². The molecule has 0 radical (unpaired) electrons. The van der Waals surface area contributed by atoms with Crippen molar-refractivity contribution in [1.29, 1.82) is 0 Å². The van der Waals surface area contributed by atoms with E-state index < -0.39 is 0 Å². The van der Waals surface area contributed by atoms with E-state index in [1.165, 1.54) is 11.1 Å². The molecule has 1 aromatic heterocycles. The van der Waals surface area contributed by atoms with E-state index >= 15 is 0 Å². The minimum absolute atomic E-state index is 0.509. The van der Waals surface area contributed by atoms with E-state index in [1.54, 1.807) is 0 Å². The molecule has 1 heterocycles. The number of nitrogens with two attached hydrogens (primary N) is 1. The number of hydrogen-bond donors (Lipinski definition) is 1. The average Bonchev–Trinajstić information content (AvgIpc) is 2.38. The summed E-state index contributed by atoms with van der Waals surface area (Å²) in [4.78, 5) is 9.06. The third-order valence-electron chi connectivity index (χ3n) is 3.28. The Morgan fingerprint density at radius 3 is 2.63 bits per heavy atom. The largest absolute Gasteiger partial charge is 0.383 e. The van der Waals surface area contributed by atoms with Crippen molar-refractivity contribution in [3.8, 4) is 11.4 Å². The Bertz CT molecular complexity index is 609. The average molecular weight is 320 g/mol. The second-order valence-corrected chi connectivity index (χ2v) is 5.48. The van der Waals surface area contributed by atoms with Crippen LogP contribution in [-0.4, -0.2) is 9.97 Å². The van der Waals surface area contributed by atoms with Gasteiger partial charge in [-0.2, -0.15) is 0 Å². The fourth-order valence-electron chi connectivity index (χ4n) is 2.03. The van der Waals surface area contributed by atoms with Gasteiger partial charge in [-0.3, -0.25) is 0 Å². The van der Waals surface area contributed by atoms with Crippen LogP contribution >= 0.6 is 15.9 Å². The fourth-order valence-corrected chi connectivity index (χ4v) is 2.40. The van der Waals surface area contributed by atoms with E-state index in [0.29, 0.717) is 11.6 Å². The number of halogens is 1. The number of anilines is 1. The van der Waals surface area contributed by atoms with Crippen molar-refractivity contribution in [2.75, 3.05) is 5.73 Å². The number of hydrogen-bond acceptors (Lipinski definition) is 3. The lowest BCUT2D eigenvalue weighted by molar-refractivity contribution is 0.869. The SMILES string of the molecule is CCCc1nc(-c2cccc(C)c2C)nc(N)c1Br. The molecule has 0 aliphatic carbocycles. The highest BCUT2D eigenvalue weighted by Gasteiger charge is 2.13. The summed E-state index contributed by atoms with van der Waals surface area (Å²) in [6, 6.07) is 6.16. The van der Waals surface area contributed by atoms with Crippen molar-refractivity contribution in [1.82, 2.24) is 9.97 Å². The molecule has 100 valence electrons. The molecule has 0 aliphatic heterocycles. The third-order valence-corrected chi connectivity index (χ3v) is 4.14. The maximum atomic E-state index is 5.98. The molecule has 19 heavy (non-hydrogen) atoms. The second-order valence-electron chi connectivity index (χ2n) is 4.69. The zero-order chi connectivity index (χ0) is 14.0. The van der Waals surface area contributed by atoms with Crippen LogP contribution in [0.2, 0.25) is 0 Å². The number of aromatic nitrogens is 2. The molecule has 2 N–H and O–H groups in total. The van der Waals surface area contributed by atoms with E-state index in [1.807, 2.05) is 12.1 Å². The summed E-state index contributed by atoms with van der Waals surface area (Å²) in [7, 11) is 0. The van der Waals surface area contributed by atoms with Gasteiger partial charge in [-0.15, -0.1) is 0 Å². The van der Waals surface area contributed by atoms with Crippen molar-refractivity contribution in [2.45, 2.75) is 33.6 Å². The standard InChI is InChI=1S/C15H18BrN3/c1-4-6-12-13(16)14(17)19-15(18-12)11-8-5-7-9(2)10(11)3/h5,7-8H,4,6H2,1-3H3,(H2,17,18,19). The number of rotatable bonds is 3. The third kappa shape index (κ3) is 2.78.